The quantitative estimate of drug-likeness (QED) is 0.371. The fraction of sp³-hybridized carbons (Fsp3) is 0.417. The van der Waals surface area contributed by atoms with Crippen LogP contribution in [-0.4, -0.2) is 56.5 Å². The minimum absolute atomic E-state index is 0. The van der Waals surface area contributed by atoms with Crippen molar-refractivity contribution < 1.29 is 14.3 Å². The molecule has 0 bridgehead atoms. The number of hydrogen-bond donors (Lipinski definition) is 4. The van der Waals surface area contributed by atoms with Crippen LogP contribution in [0.15, 0.2) is 36.7 Å². The molecule has 186 valence electrons. The molecule has 9 nitrogen and oxygen atoms in total. The number of pyridine rings is 1. The average Bonchev–Trinajstić information content (AvgIpc) is 3.21. The zero-order valence-corrected chi connectivity index (χ0v) is 20.3. The van der Waals surface area contributed by atoms with E-state index in [2.05, 4.69) is 26.8 Å². The van der Waals surface area contributed by atoms with Crippen LogP contribution >= 0.6 is 12.4 Å². The third-order valence-electron chi connectivity index (χ3n) is 6.18. The third kappa shape index (κ3) is 5.70. The minimum Gasteiger partial charge on any atom is -0.387 e. The first-order valence-electron chi connectivity index (χ1n) is 11.2. The molecule has 3 heterocycles. The number of anilines is 1. The number of aliphatic hydroxyl groups is 1. The van der Waals surface area contributed by atoms with Gasteiger partial charge in [0.25, 0.3) is 5.91 Å². The summed E-state index contributed by atoms with van der Waals surface area (Å²) in [6.07, 6.45) is 3.11. The molecule has 5 N–H and O–H groups in total. The molecule has 1 atom stereocenters. The summed E-state index contributed by atoms with van der Waals surface area (Å²) in [6, 6.07) is 9.43. The predicted octanol–water partition coefficient (Wildman–Crippen LogP) is 2.68. The van der Waals surface area contributed by atoms with Crippen LogP contribution in [-0.2, 0) is 0 Å². The predicted molar refractivity (Wildman–Crippen MR) is 133 cm³/mol. The van der Waals surface area contributed by atoms with Crippen LogP contribution < -0.4 is 16.4 Å². The molecule has 3 aromatic heterocycles. The lowest BCUT2D eigenvalue weighted by Gasteiger charge is -2.36. The molecule has 0 saturated heterocycles. The summed E-state index contributed by atoms with van der Waals surface area (Å²) in [5.41, 5.74) is 7.53. The largest absolute Gasteiger partial charge is 0.387 e. The number of carbonyl (C=O) groups excluding carboxylic acids is 1. The number of halogens is 2. The van der Waals surface area contributed by atoms with Gasteiger partial charge in [0.05, 0.1) is 52.1 Å². The van der Waals surface area contributed by atoms with Crippen LogP contribution in [0.4, 0.5) is 10.1 Å². The Kier molecular flexibility index (Phi) is 7.95. The van der Waals surface area contributed by atoms with Crippen molar-refractivity contribution in [2.24, 2.45) is 11.7 Å². The molecule has 1 amide bonds. The second-order valence-electron chi connectivity index (χ2n) is 9.27. The zero-order valence-electron chi connectivity index (χ0n) is 19.5. The summed E-state index contributed by atoms with van der Waals surface area (Å²) in [6.45, 7) is 3.01. The monoisotopic (exact) mass is 501 g/mol. The molecule has 11 heteroatoms. The van der Waals surface area contributed by atoms with Crippen molar-refractivity contribution in [1.29, 1.82) is 5.26 Å². The summed E-state index contributed by atoms with van der Waals surface area (Å²) < 4.78 is 15.8. The molecule has 35 heavy (non-hydrogen) atoms. The van der Waals surface area contributed by atoms with Crippen LogP contribution in [0, 0.1) is 17.2 Å². The van der Waals surface area contributed by atoms with Gasteiger partial charge in [-0.3, -0.25) is 9.78 Å². The van der Waals surface area contributed by atoms with Crippen molar-refractivity contribution in [2.45, 2.75) is 44.5 Å². The number of alkyl halides is 1. The van der Waals surface area contributed by atoms with Crippen LogP contribution in [0.3, 0.4) is 0 Å². The summed E-state index contributed by atoms with van der Waals surface area (Å²) in [5.74, 6) is -0.0387. The number of nitrogens with two attached hydrogens (primary N) is 1. The second-order valence-corrected chi connectivity index (χ2v) is 9.27. The number of nitrogens with one attached hydrogen (secondary N) is 2. The van der Waals surface area contributed by atoms with E-state index in [1.165, 1.54) is 26.2 Å². The molecule has 0 aromatic carbocycles. The summed E-state index contributed by atoms with van der Waals surface area (Å²) in [7, 11) is 0. The highest BCUT2D eigenvalue weighted by Gasteiger charge is 2.30. The fourth-order valence-corrected chi connectivity index (χ4v) is 3.94. The molecule has 0 unspecified atom stereocenters. The Bertz CT molecular complexity index is 1240. The molecule has 0 aliphatic heterocycles. The normalized spacial score (nSPS) is 18.2. The third-order valence-corrected chi connectivity index (χ3v) is 6.18. The number of nitriles is 1. The van der Waals surface area contributed by atoms with Gasteiger partial charge in [0, 0.05) is 12.2 Å². The highest BCUT2D eigenvalue weighted by Crippen LogP contribution is 2.32. The topological polar surface area (TPSA) is 141 Å². The van der Waals surface area contributed by atoms with Gasteiger partial charge >= 0.3 is 0 Å². The lowest BCUT2D eigenvalue weighted by atomic mass is 9.80. The van der Waals surface area contributed by atoms with Gasteiger partial charge in [-0.25, -0.2) is 8.91 Å². The Morgan fingerprint density at radius 3 is 2.77 bits per heavy atom. The Morgan fingerprint density at radius 2 is 2.11 bits per heavy atom. The minimum atomic E-state index is -1.62. The van der Waals surface area contributed by atoms with E-state index in [4.69, 9.17) is 11.0 Å². The Labute approximate surface area is 208 Å². The van der Waals surface area contributed by atoms with Crippen molar-refractivity contribution in [3.05, 3.63) is 47.8 Å². The average molecular weight is 502 g/mol. The van der Waals surface area contributed by atoms with E-state index in [-0.39, 0.29) is 30.6 Å². The van der Waals surface area contributed by atoms with Gasteiger partial charge in [0.15, 0.2) is 0 Å². The van der Waals surface area contributed by atoms with Gasteiger partial charge in [-0.05, 0) is 63.4 Å². The molecule has 1 saturated carbocycles. The molecule has 1 fully saturated rings. The number of carbonyl (C=O) groups is 1. The Hall–Kier alpha value is -3.26. The highest BCUT2D eigenvalue weighted by molar-refractivity contribution is 6.00. The van der Waals surface area contributed by atoms with E-state index in [0.29, 0.717) is 35.1 Å². The maximum Gasteiger partial charge on any atom is 0.255 e. The van der Waals surface area contributed by atoms with Crippen molar-refractivity contribution in [3.63, 3.8) is 0 Å². The molecule has 0 radical (unpaired) electrons. The standard InChI is InChI=1S/C24H28FN7O2.ClH/c1-24(2,34)22(25)13-29-23(33)18-12-28-20(8-19(18)31-16-5-14(6-16)9-26)21-4-3-17-7-15(10-27)11-30-32(17)21;/h3-4,7-8,11-12,14,16,22,34H,5-6,9,13,26H2,1-2H3,(H,28,31)(H,29,33);1H/t14?,16?,22-;/m1./s1. The van der Waals surface area contributed by atoms with Crippen LogP contribution in [0.5, 0.6) is 0 Å². The van der Waals surface area contributed by atoms with E-state index in [9.17, 15) is 14.3 Å². The molecule has 0 spiro atoms. The van der Waals surface area contributed by atoms with E-state index < -0.39 is 17.7 Å². The summed E-state index contributed by atoms with van der Waals surface area (Å²) in [4.78, 5) is 17.3. The van der Waals surface area contributed by atoms with E-state index in [1.807, 2.05) is 12.1 Å². The second kappa shape index (κ2) is 10.6. The maximum absolute atomic E-state index is 14.2. The Balaban J connectivity index is 0.00000342. The lowest BCUT2D eigenvalue weighted by Crippen LogP contribution is -2.42. The van der Waals surface area contributed by atoms with Gasteiger partial charge in [0.2, 0.25) is 0 Å². The maximum atomic E-state index is 14.2. The highest BCUT2D eigenvalue weighted by atomic mass is 35.5. The van der Waals surface area contributed by atoms with Gasteiger partial charge in [-0.1, -0.05) is 0 Å². The molecule has 4 rings (SSSR count). The van der Waals surface area contributed by atoms with Crippen molar-refractivity contribution in [3.8, 4) is 17.5 Å². The number of nitrogens with zero attached hydrogens (tertiary/aromatic N) is 4. The van der Waals surface area contributed by atoms with Crippen LogP contribution in [0.2, 0.25) is 0 Å². The van der Waals surface area contributed by atoms with Gasteiger partial charge in [-0.2, -0.15) is 10.4 Å². The van der Waals surface area contributed by atoms with Crippen molar-refractivity contribution >= 4 is 29.5 Å². The number of fused-ring (bicyclic) bond motifs is 1. The smallest absolute Gasteiger partial charge is 0.255 e. The summed E-state index contributed by atoms with van der Waals surface area (Å²) >= 11 is 0. The molecular weight excluding hydrogens is 473 g/mol. The lowest BCUT2D eigenvalue weighted by molar-refractivity contribution is -0.00177. The SMILES string of the molecule is CC(C)(O)[C@H](F)CNC(=O)c1cnc(-c2ccc3cc(C#N)cnn23)cc1NC1CC(CN)C1.Cl. The number of hydrogen-bond acceptors (Lipinski definition) is 7. The molecule has 1 aliphatic carbocycles. The van der Waals surface area contributed by atoms with E-state index in [0.717, 1.165) is 18.4 Å². The van der Waals surface area contributed by atoms with E-state index >= 15 is 0 Å². The van der Waals surface area contributed by atoms with Crippen LogP contribution in [0.1, 0.15) is 42.6 Å². The van der Waals surface area contributed by atoms with Gasteiger partial charge < -0.3 is 21.5 Å². The van der Waals surface area contributed by atoms with Gasteiger partial charge in [-0.15, -0.1) is 12.4 Å². The van der Waals surface area contributed by atoms with Crippen molar-refractivity contribution in [1.82, 2.24) is 19.9 Å². The Morgan fingerprint density at radius 1 is 1.37 bits per heavy atom. The van der Waals surface area contributed by atoms with Crippen LogP contribution in [0.25, 0.3) is 16.9 Å². The number of amides is 1. The first-order chi connectivity index (χ1) is 16.2. The number of rotatable bonds is 8. The number of aromatic nitrogens is 3. The molecule has 1 aliphatic rings. The van der Waals surface area contributed by atoms with Gasteiger partial charge in [0.1, 0.15) is 12.2 Å². The summed E-state index contributed by atoms with van der Waals surface area (Å²) in [5, 5.41) is 29.2. The first-order valence-corrected chi connectivity index (χ1v) is 11.2. The molecule has 3 aromatic rings. The zero-order chi connectivity index (χ0) is 24.5. The first kappa shape index (κ1) is 26.3. The van der Waals surface area contributed by atoms with Crippen molar-refractivity contribution in [2.75, 3.05) is 18.4 Å². The molecular formula is C24H29ClFN7O2. The van der Waals surface area contributed by atoms with E-state index in [1.54, 1.807) is 16.6 Å². The fourth-order valence-electron chi connectivity index (χ4n) is 3.94.